The summed E-state index contributed by atoms with van der Waals surface area (Å²) in [6.07, 6.45) is 0. The molecule has 1 amide bonds. The molecule has 5 aromatic rings. The van der Waals surface area contributed by atoms with Gasteiger partial charge < -0.3 is 14.4 Å². The van der Waals surface area contributed by atoms with Gasteiger partial charge in [0.05, 0.1) is 21.8 Å². The molecule has 0 spiro atoms. The maximum absolute atomic E-state index is 13.8. The summed E-state index contributed by atoms with van der Waals surface area (Å²) in [5, 5.41) is 12.3. The lowest BCUT2D eigenvalue weighted by atomic mass is 9.95. The van der Waals surface area contributed by atoms with E-state index in [1.165, 1.54) is 16.2 Å². The molecule has 0 unspecified atom stereocenters. The van der Waals surface area contributed by atoms with E-state index >= 15 is 0 Å². The number of aromatic nitrogens is 1. The first-order chi connectivity index (χ1) is 17.8. The van der Waals surface area contributed by atoms with Crippen LogP contribution in [0.25, 0.3) is 21.2 Å². The minimum atomic E-state index is -0.869. The topological polar surface area (TPSA) is 86.9 Å². The quantitative estimate of drug-likeness (QED) is 0.284. The number of para-hydroxylation sites is 1. The van der Waals surface area contributed by atoms with Crippen molar-refractivity contribution in [3.8, 4) is 0 Å². The Morgan fingerprint density at radius 3 is 2.54 bits per heavy atom. The molecular formula is C29H23N3O4S. The van der Waals surface area contributed by atoms with E-state index in [2.05, 4.69) is 4.98 Å². The van der Waals surface area contributed by atoms with Crippen LogP contribution in [0.2, 0.25) is 0 Å². The SMILES string of the molecule is Cc1ccc2nc(N3C(=O)C(O)=C(C(=O)c4cc5ccccc5o4)[C@H]3c3ccc(N(C)C)cc3)sc2c1. The lowest BCUT2D eigenvalue weighted by Gasteiger charge is -2.25. The van der Waals surface area contributed by atoms with Gasteiger partial charge in [-0.2, -0.15) is 0 Å². The fourth-order valence-corrected chi connectivity index (χ4v) is 5.74. The summed E-state index contributed by atoms with van der Waals surface area (Å²) < 4.78 is 6.74. The number of fused-ring (bicyclic) bond motifs is 2. The number of nitrogens with zero attached hydrogens (tertiary/aromatic N) is 3. The van der Waals surface area contributed by atoms with Gasteiger partial charge in [-0.05, 0) is 54.4 Å². The summed E-state index contributed by atoms with van der Waals surface area (Å²) in [5.41, 5.74) is 3.99. The number of amides is 1. The van der Waals surface area contributed by atoms with E-state index in [1.54, 1.807) is 12.1 Å². The lowest BCUT2D eigenvalue weighted by Crippen LogP contribution is -2.31. The smallest absolute Gasteiger partial charge is 0.296 e. The Bertz CT molecular complexity index is 1700. The third-order valence-corrected chi connectivity index (χ3v) is 7.58. The number of rotatable bonds is 5. The zero-order chi connectivity index (χ0) is 25.8. The van der Waals surface area contributed by atoms with Gasteiger partial charge in [-0.15, -0.1) is 0 Å². The van der Waals surface area contributed by atoms with Crippen LogP contribution < -0.4 is 9.80 Å². The predicted octanol–water partition coefficient (Wildman–Crippen LogP) is 6.20. The number of aliphatic hydroxyl groups excluding tert-OH is 1. The lowest BCUT2D eigenvalue weighted by molar-refractivity contribution is -0.117. The second kappa shape index (κ2) is 8.60. The second-order valence-electron chi connectivity index (χ2n) is 9.27. The van der Waals surface area contributed by atoms with Crippen molar-refractivity contribution in [3.05, 3.63) is 101 Å². The van der Waals surface area contributed by atoms with Gasteiger partial charge in [0, 0.05) is 25.2 Å². The molecule has 0 fully saturated rings. The molecule has 0 aliphatic carbocycles. The molecule has 0 saturated carbocycles. The van der Waals surface area contributed by atoms with Crippen molar-refractivity contribution in [1.29, 1.82) is 0 Å². The van der Waals surface area contributed by atoms with Crippen molar-refractivity contribution in [2.24, 2.45) is 0 Å². The molecule has 1 N–H and O–H groups in total. The van der Waals surface area contributed by atoms with Gasteiger partial charge in [0.2, 0.25) is 5.78 Å². The molecule has 8 heteroatoms. The van der Waals surface area contributed by atoms with E-state index in [0.717, 1.165) is 26.9 Å². The van der Waals surface area contributed by atoms with Gasteiger partial charge in [0.1, 0.15) is 5.58 Å². The number of carbonyl (C=O) groups excluding carboxylic acids is 2. The number of aryl methyl sites for hydroxylation is 1. The highest BCUT2D eigenvalue weighted by Crippen LogP contribution is 2.44. The number of Topliss-reactive ketones (excluding diaryl/α,β-unsaturated/α-hetero) is 1. The molecule has 0 saturated heterocycles. The van der Waals surface area contributed by atoms with E-state index in [9.17, 15) is 14.7 Å². The summed E-state index contributed by atoms with van der Waals surface area (Å²) in [5.74, 6) is -1.74. The average Bonchev–Trinajstić information content (AvgIpc) is 3.57. The number of furan rings is 1. The fourth-order valence-electron chi connectivity index (χ4n) is 4.65. The highest BCUT2D eigenvalue weighted by molar-refractivity contribution is 7.22. The number of hydrogen-bond acceptors (Lipinski definition) is 7. The number of anilines is 2. The first-order valence-electron chi connectivity index (χ1n) is 11.8. The molecule has 0 bridgehead atoms. The molecule has 3 heterocycles. The molecule has 2 aromatic heterocycles. The molecule has 6 rings (SSSR count). The number of carbonyl (C=O) groups is 2. The van der Waals surface area contributed by atoms with Crippen LogP contribution in [-0.2, 0) is 4.79 Å². The van der Waals surface area contributed by atoms with Crippen molar-refractivity contribution in [2.45, 2.75) is 13.0 Å². The van der Waals surface area contributed by atoms with Crippen molar-refractivity contribution in [3.63, 3.8) is 0 Å². The highest BCUT2D eigenvalue weighted by atomic mass is 32.1. The number of aliphatic hydroxyl groups is 1. The average molecular weight is 510 g/mol. The van der Waals surface area contributed by atoms with Crippen LogP contribution in [-0.4, -0.2) is 35.9 Å². The molecular weight excluding hydrogens is 486 g/mol. The largest absolute Gasteiger partial charge is 0.503 e. The molecule has 1 aliphatic rings. The Morgan fingerprint density at radius 1 is 1.05 bits per heavy atom. The Hall–Kier alpha value is -4.43. The second-order valence-corrected chi connectivity index (χ2v) is 10.3. The van der Waals surface area contributed by atoms with Crippen LogP contribution in [0.4, 0.5) is 10.8 Å². The molecule has 0 radical (unpaired) electrons. The molecule has 184 valence electrons. The van der Waals surface area contributed by atoms with E-state index in [0.29, 0.717) is 16.3 Å². The maximum Gasteiger partial charge on any atom is 0.296 e. The summed E-state index contributed by atoms with van der Waals surface area (Å²) in [4.78, 5) is 35.4. The summed E-state index contributed by atoms with van der Waals surface area (Å²) >= 11 is 1.35. The van der Waals surface area contributed by atoms with Crippen molar-refractivity contribution in [2.75, 3.05) is 23.9 Å². The van der Waals surface area contributed by atoms with Crippen LogP contribution in [0.1, 0.15) is 27.7 Å². The molecule has 3 aromatic carbocycles. The monoisotopic (exact) mass is 509 g/mol. The third-order valence-electron chi connectivity index (χ3n) is 6.57. The summed E-state index contributed by atoms with van der Waals surface area (Å²) in [6, 6.07) is 21.5. The van der Waals surface area contributed by atoms with Crippen LogP contribution in [0, 0.1) is 6.92 Å². The summed E-state index contributed by atoms with van der Waals surface area (Å²) in [6.45, 7) is 1.99. The number of thiazole rings is 1. The Balaban J connectivity index is 1.50. The van der Waals surface area contributed by atoms with Gasteiger partial charge in [-0.25, -0.2) is 4.98 Å². The molecule has 37 heavy (non-hydrogen) atoms. The van der Waals surface area contributed by atoms with Crippen molar-refractivity contribution >= 4 is 55.0 Å². The Labute approximate surface area is 216 Å². The standard InChI is InChI=1S/C29H23N3O4S/c1-16-8-13-20-23(14-16)37-29(30-20)32-25(17-9-11-19(12-10-17)31(2)3)24(27(34)28(32)35)26(33)22-15-18-6-4-5-7-21(18)36-22/h4-15,25,34H,1-3H3/t25-/m1/s1. The zero-order valence-electron chi connectivity index (χ0n) is 20.4. The van der Waals surface area contributed by atoms with E-state index < -0.39 is 23.5 Å². The van der Waals surface area contributed by atoms with Gasteiger partial charge in [-0.1, -0.05) is 47.7 Å². The minimum Gasteiger partial charge on any atom is -0.503 e. The van der Waals surface area contributed by atoms with Gasteiger partial charge in [0.25, 0.3) is 5.91 Å². The first kappa shape index (κ1) is 23.0. The van der Waals surface area contributed by atoms with Crippen LogP contribution >= 0.6 is 11.3 Å². The van der Waals surface area contributed by atoms with Gasteiger partial charge in [0.15, 0.2) is 16.7 Å². The van der Waals surface area contributed by atoms with E-state index in [-0.39, 0.29) is 11.3 Å². The normalized spacial score (nSPS) is 15.8. The minimum absolute atomic E-state index is 0.0305. The number of ketones is 1. The van der Waals surface area contributed by atoms with E-state index in [1.807, 2.05) is 86.6 Å². The first-order valence-corrected chi connectivity index (χ1v) is 12.6. The molecule has 7 nitrogen and oxygen atoms in total. The highest BCUT2D eigenvalue weighted by Gasteiger charge is 2.46. The van der Waals surface area contributed by atoms with E-state index in [4.69, 9.17) is 4.42 Å². The molecule has 1 atom stereocenters. The Morgan fingerprint density at radius 2 is 1.81 bits per heavy atom. The van der Waals surface area contributed by atoms with Gasteiger partial charge in [-0.3, -0.25) is 14.5 Å². The van der Waals surface area contributed by atoms with Crippen LogP contribution in [0.15, 0.2) is 88.5 Å². The fraction of sp³-hybridized carbons (Fsp3) is 0.138. The summed E-state index contributed by atoms with van der Waals surface area (Å²) in [7, 11) is 3.87. The van der Waals surface area contributed by atoms with Crippen LogP contribution in [0.3, 0.4) is 0 Å². The number of benzene rings is 3. The predicted molar refractivity (Wildman–Crippen MR) is 146 cm³/mol. The number of hydrogen-bond donors (Lipinski definition) is 1. The van der Waals surface area contributed by atoms with Crippen molar-refractivity contribution < 1.29 is 19.1 Å². The maximum atomic E-state index is 13.8. The zero-order valence-corrected chi connectivity index (χ0v) is 21.2. The van der Waals surface area contributed by atoms with Gasteiger partial charge >= 0.3 is 0 Å². The van der Waals surface area contributed by atoms with Crippen molar-refractivity contribution in [1.82, 2.24) is 4.98 Å². The molecule has 1 aliphatic heterocycles. The van der Waals surface area contributed by atoms with Crippen LogP contribution in [0.5, 0.6) is 0 Å². The Kier molecular flexibility index (Phi) is 5.35. The third kappa shape index (κ3) is 3.77.